The van der Waals surface area contributed by atoms with Crippen LogP contribution < -0.4 is 36.5 Å². The van der Waals surface area contributed by atoms with Crippen LogP contribution in [0.1, 0.15) is 86.8 Å². The van der Waals surface area contributed by atoms with Crippen molar-refractivity contribution in [3.8, 4) is 11.5 Å². The lowest BCUT2D eigenvalue weighted by Crippen LogP contribution is -2.73. The van der Waals surface area contributed by atoms with Gasteiger partial charge in [-0.25, -0.2) is 14.0 Å². The van der Waals surface area contributed by atoms with Crippen molar-refractivity contribution in [3.05, 3.63) is 87.7 Å². The molecule has 2 saturated heterocycles. The van der Waals surface area contributed by atoms with Crippen LogP contribution in [0.3, 0.4) is 0 Å². The molecule has 0 aromatic heterocycles. The number of benzene rings is 3. The number of rotatable bonds is 11. The van der Waals surface area contributed by atoms with Crippen LogP contribution in [0, 0.1) is 42.3 Å². The highest BCUT2D eigenvalue weighted by Crippen LogP contribution is 2.60. The molecule has 3 aromatic rings. The Kier molecular flexibility index (Phi) is 12.4. The van der Waals surface area contributed by atoms with Crippen LogP contribution in [-0.2, 0) is 43.1 Å². The Balaban J connectivity index is 1.59. The van der Waals surface area contributed by atoms with E-state index >= 15 is 14.0 Å². The fourth-order valence-corrected chi connectivity index (χ4v) is 12.4. The van der Waals surface area contributed by atoms with Crippen molar-refractivity contribution in [2.75, 3.05) is 32.2 Å². The molecule has 18 heteroatoms. The van der Waals surface area contributed by atoms with E-state index in [0.717, 1.165) is 0 Å². The minimum atomic E-state index is -2.02. The van der Waals surface area contributed by atoms with Crippen molar-refractivity contribution in [2.45, 2.75) is 103 Å². The minimum absolute atomic E-state index is 0.120. The molecule has 7 rings (SSSR count). The number of methoxy groups -OCH3 is 2. The van der Waals surface area contributed by atoms with Gasteiger partial charge in [-0.3, -0.25) is 39.6 Å². The zero-order chi connectivity index (χ0) is 48.4. The van der Waals surface area contributed by atoms with E-state index in [2.05, 4.69) is 10.6 Å². The minimum Gasteiger partial charge on any atom is -0.496 e. The molecule has 2 aliphatic carbocycles. The van der Waals surface area contributed by atoms with Crippen LogP contribution in [0.4, 0.5) is 19.7 Å². The summed E-state index contributed by atoms with van der Waals surface area (Å²) in [5.41, 5.74) is 8.73. The zero-order valence-corrected chi connectivity index (χ0v) is 38.6. The molecular formula is C48H60FN7O10. The number of nitrogens with one attached hydrogen (secondary N) is 2. The van der Waals surface area contributed by atoms with Gasteiger partial charge in [0.15, 0.2) is 0 Å². The number of imide groups is 2. The van der Waals surface area contributed by atoms with E-state index in [4.69, 9.17) is 20.9 Å². The van der Waals surface area contributed by atoms with Crippen LogP contribution in [0.15, 0.2) is 48.5 Å². The highest BCUT2D eigenvalue weighted by molar-refractivity contribution is 6.01. The quantitative estimate of drug-likeness (QED) is 0.151. The van der Waals surface area contributed by atoms with E-state index < -0.39 is 87.7 Å². The summed E-state index contributed by atoms with van der Waals surface area (Å²) < 4.78 is 27.6. The van der Waals surface area contributed by atoms with Gasteiger partial charge in [-0.05, 0) is 111 Å². The van der Waals surface area contributed by atoms with Crippen LogP contribution in [0.2, 0.25) is 0 Å². The normalized spacial score (nSPS) is 26.6. The summed E-state index contributed by atoms with van der Waals surface area (Å²) in [5.74, 6) is -5.39. The molecule has 2 heterocycles. The third-order valence-corrected chi connectivity index (χ3v) is 15.5. The summed E-state index contributed by atoms with van der Waals surface area (Å²) >= 11 is 0. The van der Waals surface area contributed by atoms with Crippen molar-refractivity contribution < 1.29 is 52.8 Å². The Labute approximate surface area is 382 Å². The fraction of sp³-hybridized carbons (Fsp3) is 0.500. The van der Waals surface area contributed by atoms with E-state index in [1.165, 1.54) is 20.3 Å². The van der Waals surface area contributed by atoms with E-state index in [9.17, 15) is 29.4 Å². The fourth-order valence-electron chi connectivity index (χ4n) is 12.4. The zero-order valence-electron chi connectivity index (χ0n) is 38.6. The maximum atomic E-state index is 15.7. The third kappa shape index (κ3) is 7.02. The summed E-state index contributed by atoms with van der Waals surface area (Å²) in [5, 5.41) is 25.0. The molecule has 4 bridgehead atoms. The van der Waals surface area contributed by atoms with Gasteiger partial charge in [0, 0.05) is 52.6 Å². The maximum Gasteiger partial charge on any atom is 0.411 e. The maximum absolute atomic E-state index is 15.7. The molecule has 2 aliphatic heterocycles. The molecule has 0 radical (unpaired) electrons. The monoisotopic (exact) mass is 913 g/mol. The number of anilines is 1. The van der Waals surface area contributed by atoms with E-state index in [0.29, 0.717) is 64.8 Å². The van der Waals surface area contributed by atoms with Gasteiger partial charge in [-0.1, -0.05) is 39.8 Å². The molecule has 354 valence electrons. The Bertz CT molecular complexity index is 2370. The van der Waals surface area contributed by atoms with Crippen molar-refractivity contribution in [2.24, 2.45) is 34.1 Å². The predicted octanol–water partition coefficient (Wildman–Crippen LogP) is 4.86. The predicted molar refractivity (Wildman–Crippen MR) is 240 cm³/mol. The van der Waals surface area contributed by atoms with Crippen LogP contribution in [-0.4, -0.2) is 95.5 Å². The van der Waals surface area contributed by atoms with Crippen molar-refractivity contribution in [1.29, 1.82) is 0 Å². The first-order chi connectivity index (χ1) is 31.0. The number of carbonyl (C=O) groups is 6. The summed E-state index contributed by atoms with van der Waals surface area (Å²) in [7, 11) is 2.87. The van der Waals surface area contributed by atoms with Gasteiger partial charge in [0.25, 0.3) is 11.8 Å². The Morgan fingerprint density at radius 3 is 1.45 bits per heavy atom. The topological polar surface area (TPSA) is 247 Å². The van der Waals surface area contributed by atoms with Gasteiger partial charge in [-0.15, -0.1) is 0 Å². The largest absolute Gasteiger partial charge is 0.496 e. The van der Waals surface area contributed by atoms with Gasteiger partial charge < -0.3 is 36.1 Å². The second-order valence-corrected chi connectivity index (χ2v) is 19.1. The van der Waals surface area contributed by atoms with Gasteiger partial charge >= 0.3 is 12.2 Å². The summed E-state index contributed by atoms with van der Waals surface area (Å²) in [6.07, 6.45) is -3.31. The highest BCUT2D eigenvalue weighted by atomic mass is 19.1. The van der Waals surface area contributed by atoms with Gasteiger partial charge in [0.2, 0.25) is 11.8 Å². The molecule has 17 nitrogen and oxygen atoms in total. The number of halogens is 1. The number of nitrogens with two attached hydrogens (primary N) is 2. The van der Waals surface area contributed by atoms with Gasteiger partial charge in [0.05, 0.1) is 26.6 Å². The smallest absolute Gasteiger partial charge is 0.411 e. The van der Waals surface area contributed by atoms with E-state index in [1.54, 1.807) is 84.0 Å². The molecule has 3 aromatic carbocycles. The average molecular weight is 914 g/mol. The number of fused-ring (bicyclic) bond motifs is 4. The van der Waals surface area contributed by atoms with Crippen molar-refractivity contribution in [1.82, 2.24) is 20.4 Å². The standard InChI is InChI=1S/C48H60FN7O10/c1-25-26(2)34(16-15-33(25)49)56(37-11-9-19-54(37)47(41(59)52-43(61)62)29-21-27(13-17-35(29)65-7)23-31(39(50)57)45(47,3)4)38-12-10-20-55(38)48(42(60)53-44(63)64)30-22-28(14-18-36(30)66-8)24-32(40(51)58)46(48,5)6/h13-18,21-22,31-32,37-38H,9-12,19-20,23-24H2,1-8H3,(H2,50,57)(H2,51,58)(H,52,59)(H,53,60)(H,61,62)(H,63,64)/t31?,32?,37?,38?,47-,48-/m0/s1. The van der Waals surface area contributed by atoms with E-state index in [-0.39, 0.29) is 37.4 Å². The second-order valence-electron chi connectivity index (χ2n) is 19.1. The van der Waals surface area contributed by atoms with E-state index in [1.807, 2.05) is 14.7 Å². The highest BCUT2D eigenvalue weighted by Gasteiger charge is 2.68. The Hall–Kier alpha value is -6.27. The van der Waals surface area contributed by atoms with Crippen LogP contribution >= 0.6 is 0 Å². The van der Waals surface area contributed by atoms with Crippen LogP contribution in [0.25, 0.3) is 0 Å². The van der Waals surface area contributed by atoms with Crippen LogP contribution in [0.5, 0.6) is 11.5 Å². The number of primary amides is 2. The Morgan fingerprint density at radius 2 is 1.09 bits per heavy atom. The van der Waals surface area contributed by atoms with Gasteiger partial charge in [0.1, 0.15) is 28.4 Å². The summed E-state index contributed by atoms with van der Waals surface area (Å²) in [4.78, 5) is 89.6. The number of hydrogen-bond acceptors (Lipinski definition) is 11. The molecule has 8 N–H and O–H groups in total. The lowest BCUT2D eigenvalue weighted by Gasteiger charge is -2.59. The number of carboxylic acid groups (broad SMARTS) is 2. The molecule has 2 fully saturated rings. The number of likely N-dealkylation sites (tertiary alicyclic amines) is 2. The molecule has 6 atom stereocenters. The van der Waals surface area contributed by atoms with Gasteiger partial charge in [-0.2, -0.15) is 0 Å². The molecule has 6 amide bonds. The first-order valence-electron chi connectivity index (χ1n) is 22.1. The first kappa shape index (κ1) is 47.7. The molecule has 0 saturated carbocycles. The number of ether oxygens (including phenoxy) is 2. The number of hydrogen-bond donors (Lipinski definition) is 6. The number of amides is 6. The second kappa shape index (κ2) is 17.2. The molecule has 4 aliphatic rings. The molecule has 0 spiro atoms. The third-order valence-electron chi connectivity index (χ3n) is 15.5. The lowest BCUT2D eigenvalue weighted by atomic mass is 9.60. The number of carbonyl (C=O) groups excluding carboxylic acids is 4. The number of nitrogens with zero attached hydrogens (tertiary/aromatic N) is 3. The summed E-state index contributed by atoms with van der Waals surface area (Å²) in [6.45, 7) is 10.6. The van der Waals surface area contributed by atoms with Crippen molar-refractivity contribution in [3.63, 3.8) is 0 Å². The molecular weight excluding hydrogens is 854 g/mol. The average Bonchev–Trinajstić information content (AvgIpc) is 3.90. The SMILES string of the molecule is COc1ccc2cc1[C@@](C(=O)NC(=O)O)(N1CCCC1N(c1ccc(F)c(C)c1C)C1CCCN1[C@]1(C(=O)NC(=O)O)c3cc(ccc3OC)CC(C(N)=O)C1(C)C)C(C)(C)C(C(N)=O)C2. The van der Waals surface area contributed by atoms with Crippen molar-refractivity contribution >= 4 is 41.5 Å². The molecule has 66 heavy (non-hydrogen) atoms. The molecule has 4 unspecified atom stereocenters. The summed E-state index contributed by atoms with van der Waals surface area (Å²) in [6, 6.07) is 13.4. The first-order valence-corrected chi connectivity index (χ1v) is 22.1. The lowest BCUT2D eigenvalue weighted by molar-refractivity contribution is -0.155. The Morgan fingerprint density at radius 1 is 0.682 bits per heavy atom.